The molecule has 3 heteroatoms. The van der Waals surface area contributed by atoms with Crippen LogP contribution in [-0.4, -0.2) is 22.9 Å². The lowest BCUT2D eigenvalue weighted by molar-refractivity contribution is 0.518. The SMILES string of the molecule is c1cc(C2CCNC2)n(CC2CC2)n1. The van der Waals surface area contributed by atoms with E-state index in [1.165, 1.54) is 31.5 Å². The highest BCUT2D eigenvalue weighted by Gasteiger charge is 2.25. The lowest BCUT2D eigenvalue weighted by Crippen LogP contribution is -2.13. The molecule has 1 aliphatic heterocycles. The van der Waals surface area contributed by atoms with Gasteiger partial charge in [-0.1, -0.05) is 0 Å². The van der Waals surface area contributed by atoms with Crippen LogP contribution in [0.5, 0.6) is 0 Å². The Hall–Kier alpha value is -0.830. The highest BCUT2D eigenvalue weighted by Crippen LogP contribution is 2.32. The van der Waals surface area contributed by atoms with E-state index in [-0.39, 0.29) is 0 Å². The van der Waals surface area contributed by atoms with Crippen molar-refractivity contribution in [2.45, 2.75) is 31.7 Å². The number of rotatable bonds is 3. The van der Waals surface area contributed by atoms with E-state index >= 15 is 0 Å². The highest BCUT2D eigenvalue weighted by molar-refractivity contribution is 5.10. The number of nitrogens with one attached hydrogen (secondary N) is 1. The minimum Gasteiger partial charge on any atom is -0.316 e. The third-order valence-electron chi connectivity index (χ3n) is 3.36. The topological polar surface area (TPSA) is 29.9 Å². The van der Waals surface area contributed by atoms with E-state index in [0.29, 0.717) is 5.92 Å². The average Bonchev–Trinajstić information content (AvgIpc) is 2.68. The number of hydrogen-bond donors (Lipinski definition) is 1. The maximum Gasteiger partial charge on any atom is 0.0492 e. The normalized spacial score (nSPS) is 27.0. The van der Waals surface area contributed by atoms with Gasteiger partial charge in [-0.2, -0.15) is 5.10 Å². The molecule has 76 valence electrons. The van der Waals surface area contributed by atoms with Gasteiger partial charge in [-0.25, -0.2) is 0 Å². The summed E-state index contributed by atoms with van der Waals surface area (Å²) in [7, 11) is 0. The first-order valence-electron chi connectivity index (χ1n) is 5.66. The van der Waals surface area contributed by atoms with Crippen LogP contribution in [0.4, 0.5) is 0 Å². The molecule has 1 aromatic heterocycles. The van der Waals surface area contributed by atoms with Crippen molar-refractivity contribution in [1.82, 2.24) is 15.1 Å². The van der Waals surface area contributed by atoms with Crippen molar-refractivity contribution in [3.63, 3.8) is 0 Å². The second-order valence-corrected chi connectivity index (χ2v) is 4.57. The van der Waals surface area contributed by atoms with Crippen molar-refractivity contribution in [1.29, 1.82) is 0 Å². The van der Waals surface area contributed by atoms with Gasteiger partial charge >= 0.3 is 0 Å². The Morgan fingerprint density at radius 2 is 2.36 bits per heavy atom. The van der Waals surface area contributed by atoms with Crippen molar-refractivity contribution in [3.8, 4) is 0 Å². The second kappa shape index (κ2) is 3.39. The van der Waals surface area contributed by atoms with E-state index in [9.17, 15) is 0 Å². The van der Waals surface area contributed by atoms with Crippen molar-refractivity contribution in [3.05, 3.63) is 18.0 Å². The Morgan fingerprint density at radius 1 is 1.43 bits per heavy atom. The lowest BCUT2D eigenvalue weighted by atomic mass is 10.1. The predicted molar refractivity (Wildman–Crippen MR) is 55.2 cm³/mol. The number of nitrogens with zero attached hydrogens (tertiary/aromatic N) is 2. The van der Waals surface area contributed by atoms with Gasteiger partial charge in [0.2, 0.25) is 0 Å². The zero-order valence-corrected chi connectivity index (χ0v) is 8.45. The molecular weight excluding hydrogens is 174 g/mol. The van der Waals surface area contributed by atoms with Crippen LogP contribution < -0.4 is 5.32 Å². The van der Waals surface area contributed by atoms with Gasteiger partial charge in [0.25, 0.3) is 0 Å². The van der Waals surface area contributed by atoms with E-state index in [2.05, 4.69) is 21.2 Å². The first-order chi connectivity index (χ1) is 6.93. The van der Waals surface area contributed by atoms with Crippen LogP contribution in [0.1, 0.15) is 30.9 Å². The maximum absolute atomic E-state index is 4.43. The van der Waals surface area contributed by atoms with Gasteiger partial charge in [-0.3, -0.25) is 4.68 Å². The molecule has 3 nitrogen and oxygen atoms in total. The third kappa shape index (κ3) is 1.57. The first-order valence-corrected chi connectivity index (χ1v) is 5.66. The van der Waals surface area contributed by atoms with Crippen molar-refractivity contribution in [2.24, 2.45) is 5.92 Å². The molecule has 1 unspecified atom stereocenters. The Morgan fingerprint density at radius 3 is 3.07 bits per heavy atom. The summed E-state index contributed by atoms with van der Waals surface area (Å²) in [5.41, 5.74) is 1.45. The van der Waals surface area contributed by atoms with E-state index in [4.69, 9.17) is 0 Å². The summed E-state index contributed by atoms with van der Waals surface area (Å²) in [4.78, 5) is 0. The molecular formula is C11H17N3. The zero-order valence-electron chi connectivity index (χ0n) is 8.45. The molecule has 1 atom stereocenters. The summed E-state index contributed by atoms with van der Waals surface area (Å²) < 4.78 is 2.23. The summed E-state index contributed by atoms with van der Waals surface area (Å²) in [5, 5.41) is 7.85. The molecule has 2 fully saturated rings. The van der Waals surface area contributed by atoms with E-state index in [0.717, 1.165) is 19.0 Å². The zero-order chi connectivity index (χ0) is 9.38. The molecule has 0 spiro atoms. The maximum atomic E-state index is 4.43. The second-order valence-electron chi connectivity index (χ2n) is 4.57. The minimum absolute atomic E-state index is 0.705. The van der Waals surface area contributed by atoms with Crippen molar-refractivity contribution >= 4 is 0 Å². The van der Waals surface area contributed by atoms with Crippen LogP contribution in [-0.2, 0) is 6.54 Å². The van der Waals surface area contributed by atoms with Crippen molar-refractivity contribution < 1.29 is 0 Å². The van der Waals surface area contributed by atoms with Gasteiger partial charge in [-0.05, 0) is 37.8 Å². The summed E-state index contributed by atoms with van der Waals surface area (Å²) in [5.74, 6) is 1.62. The molecule has 0 bridgehead atoms. The Labute approximate surface area is 84.5 Å². The summed E-state index contributed by atoms with van der Waals surface area (Å²) >= 11 is 0. The van der Waals surface area contributed by atoms with Crippen LogP contribution >= 0.6 is 0 Å². The molecule has 14 heavy (non-hydrogen) atoms. The number of aromatic nitrogens is 2. The fourth-order valence-electron chi connectivity index (χ4n) is 2.29. The highest BCUT2D eigenvalue weighted by atomic mass is 15.3. The summed E-state index contributed by atoms with van der Waals surface area (Å²) in [6.07, 6.45) is 6.04. The number of hydrogen-bond acceptors (Lipinski definition) is 2. The van der Waals surface area contributed by atoms with Gasteiger partial charge in [0.15, 0.2) is 0 Å². The van der Waals surface area contributed by atoms with Gasteiger partial charge in [-0.15, -0.1) is 0 Å². The molecule has 3 rings (SSSR count). The summed E-state index contributed by atoms with van der Waals surface area (Å²) in [6.45, 7) is 3.45. The molecule has 1 saturated carbocycles. The molecule has 2 heterocycles. The fourth-order valence-corrected chi connectivity index (χ4v) is 2.29. The first kappa shape index (κ1) is 8.48. The minimum atomic E-state index is 0.705. The molecule has 0 radical (unpaired) electrons. The van der Waals surface area contributed by atoms with E-state index < -0.39 is 0 Å². The molecule has 0 aromatic carbocycles. The third-order valence-corrected chi connectivity index (χ3v) is 3.36. The van der Waals surface area contributed by atoms with E-state index in [1.54, 1.807) is 0 Å². The average molecular weight is 191 g/mol. The van der Waals surface area contributed by atoms with Gasteiger partial charge < -0.3 is 5.32 Å². The van der Waals surface area contributed by atoms with Crippen LogP contribution in [0.3, 0.4) is 0 Å². The monoisotopic (exact) mass is 191 g/mol. The molecule has 1 aliphatic carbocycles. The Bertz CT molecular complexity index is 308. The lowest BCUT2D eigenvalue weighted by Gasteiger charge is -2.11. The van der Waals surface area contributed by atoms with Crippen LogP contribution in [0.2, 0.25) is 0 Å². The van der Waals surface area contributed by atoms with Gasteiger partial charge in [0, 0.05) is 30.9 Å². The standard InChI is InChI=1S/C11H17N3/c1-2-9(1)8-14-11(4-6-13-14)10-3-5-12-7-10/h4,6,9-10,12H,1-3,5,7-8H2. The van der Waals surface area contributed by atoms with Crippen molar-refractivity contribution in [2.75, 3.05) is 13.1 Å². The molecule has 1 N–H and O–H groups in total. The van der Waals surface area contributed by atoms with Gasteiger partial charge in [0.05, 0.1) is 0 Å². The van der Waals surface area contributed by atoms with E-state index in [1.807, 2.05) is 6.20 Å². The van der Waals surface area contributed by atoms with Crippen LogP contribution in [0.15, 0.2) is 12.3 Å². The quantitative estimate of drug-likeness (QED) is 0.782. The van der Waals surface area contributed by atoms with Gasteiger partial charge in [0.1, 0.15) is 0 Å². The smallest absolute Gasteiger partial charge is 0.0492 e. The predicted octanol–water partition coefficient (Wildman–Crippen LogP) is 1.37. The molecule has 0 amide bonds. The summed E-state index contributed by atoms with van der Waals surface area (Å²) in [6, 6.07) is 2.19. The Kier molecular flexibility index (Phi) is 2.05. The largest absolute Gasteiger partial charge is 0.316 e. The van der Waals surface area contributed by atoms with Crippen LogP contribution in [0, 0.1) is 5.92 Å². The molecule has 1 aromatic rings. The Balaban J connectivity index is 1.77. The van der Waals surface area contributed by atoms with Crippen LogP contribution in [0.25, 0.3) is 0 Å². The molecule has 1 saturated heterocycles. The fraction of sp³-hybridized carbons (Fsp3) is 0.727. The molecule has 2 aliphatic rings.